The summed E-state index contributed by atoms with van der Waals surface area (Å²) in [5.74, 6) is 0.0217. The number of rotatable bonds is 11. The molecule has 0 radical (unpaired) electrons. The van der Waals surface area contributed by atoms with Crippen molar-refractivity contribution in [3.8, 4) is 0 Å². The Bertz CT molecular complexity index is 436. The second kappa shape index (κ2) is 11.2. The van der Waals surface area contributed by atoms with Gasteiger partial charge in [0.15, 0.2) is 0 Å². The van der Waals surface area contributed by atoms with Gasteiger partial charge < -0.3 is 14.4 Å². The van der Waals surface area contributed by atoms with E-state index in [1.807, 2.05) is 24.3 Å². The molecule has 1 amide bonds. The van der Waals surface area contributed by atoms with Crippen molar-refractivity contribution >= 4 is 5.91 Å². The summed E-state index contributed by atoms with van der Waals surface area (Å²) in [7, 11) is 3.28. The average molecular weight is 322 g/mol. The normalized spacial score (nSPS) is 11.0. The largest absolute Gasteiger partial charge is 0.383 e. The minimum absolute atomic E-state index is 0.0217. The van der Waals surface area contributed by atoms with Gasteiger partial charge in [0, 0.05) is 39.4 Å². The van der Waals surface area contributed by atoms with Gasteiger partial charge in [0.25, 0.3) is 5.91 Å². The van der Waals surface area contributed by atoms with E-state index >= 15 is 0 Å². The lowest BCUT2D eigenvalue weighted by molar-refractivity contribution is 0.0627. The van der Waals surface area contributed by atoms with E-state index in [2.05, 4.69) is 18.7 Å². The smallest absolute Gasteiger partial charge is 0.254 e. The maximum absolute atomic E-state index is 12.6. The summed E-state index contributed by atoms with van der Waals surface area (Å²) >= 11 is 0. The van der Waals surface area contributed by atoms with Crippen LogP contribution in [0, 0.1) is 0 Å². The minimum atomic E-state index is 0.0217. The van der Waals surface area contributed by atoms with Gasteiger partial charge in [-0.15, -0.1) is 0 Å². The van der Waals surface area contributed by atoms with Crippen molar-refractivity contribution in [1.82, 2.24) is 9.80 Å². The molecule has 0 heterocycles. The van der Waals surface area contributed by atoms with E-state index in [-0.39, 0.29) is 5.91 Å². The standard InChI is InChI=1S/C18H30N2O3/c1-5-19(6-2)15-16-7-9-17(10-8-16)18(21)20(11-13-22-3)12-14-23-4/h7-10H,5-6,11-15H2,1-4H3. The third-order valence-electron chi connectivity index (χ3n) is 3.92. The lowest BCUT2D eigenvalue weighted by Crippen LogP contribution is -2.36. The number of benzene rings is 1. The van der Waals surface area contributed by atoms with Crippen LogP contribution in [0.25, 0.3) is 0 Å². The van der Waals surface area contributed by atoms with E-state index in [0.29, 0.717) is 31.9 Å². The van der Waals surface area contributed by atoms with Crippen molar-refractivity contribution in [3.05, 3.63) is 35.4 Å². The zero-order valence-electron chi connectivity index (χ0n) is 14.9. The first-order valence-corrected chi connectivity index (χ1v) is 8.24. The number of hydrogen-bond acceptors (Lipinski definition) is 4. The van der Waals surface area contributed by atoms with Gasteiger partial charge in [-0.05, 0) is 30.8 Å². The minimum Gasteiger partial charge on any atom is -0.383 e. The molecule has 0 bridgehead atoms. The SMILES string of the molecule is CCN(CC)Cc1ccc(C(=O)N(CCOC)CCOC)cc1. The quantitative estimate of drug-likeness (QED) is 0.627. The lowest BCUT2D eigenvalue weighted by Gasteiger charge is -2.22. The number of nitrogens with zero attached hydrogens (tertiary/aromatic N) is 2. The molecule has 0 atom stereocenters. The lowest BCUT2D eigenvalue weighted by atomic mass is 10.1. The van der Waals surface area contributed by atoms with Crippen LogP contribution in [0.1, 0.15) is 29.8 Å². The summed E-state index contributed by atoms with van der Waals surface area (Å²) in [5.41, 5.74) is 1.94. The van der Waals surface area contributed by atoms with Gasteiger partial charge in [-0.1, -0.05) is 26.0 Å². The summed E-state index contributed by atoms with van der Waals surface area (Å²) in [5, 5.41) is 0. The molecule has 1 aromatic rings. The Morgan fingerprint density at radius 2 is 1.48 bits per heavy atom. The number of ether oxygens (including phenoxy) is 2. The summed E-state index contributed by atoms with van der Waals surface area (Å²) < 4.78 is 10.2. The molecule has 130 valence electrons. The van der Waals surface area contributed by atoms with Gasteiger partial charge in [-0.25, -0.2) is 0 Å². The van der Waals surface area contributed by atoms with Crippen molar-refractivity contribution in [1.29, 1.82) is 0 Å². The Balaban J connectivity index is 2.72. The van der Waals surface area contributed by atoms with E-state index in [1.165, 1.54) is 5.56 Å². The molecule has 23 heavy (non-hydrogen) atoms. The molecule has 0 spiro atoms. The van der Waals surface area contributed by atoms with Crippen LogP contribution in [-0.2, 0) is 16.0 Å². The van der Waals surface area contributed by atoms with Gasteiger partial charge >= 0.3 is 0 Å². The number of amides is 1. The van der Waals surface area contributed by atoms with Crippen molar-refractivity contribution in [2.75, 3.05) is 53.6 Å². The zero-order chi connectivity index (χ0) is 17.1. The van der Waals surface area contributed by atoms with E-state index < -0.39 is 0 Å². The monoisotopic (exact) mass is 322 g/mol. The van der Waals surface area contributed by atoms with Gasteiger partial charge in [-0.3, -0.25) is 9.69 Å². The van der Waals surface area contributed by atoms with Gasteiger partial charge in [0.2, 0.25) is 0 Å². The van der Waals surface area contributed by atoms with Gasteiger partial charge in [0.05, 0.1) is 13.2 Å². The fourth-order valence-electron chi connectivity index (χ4n) is 2.36. The van der Waals surface area contributed by atoms with E-state index in [9.17, 15) is 4.79 Å². The van der Waals surface area contributed by atoms with E-state index in [0.717, 1.165) is 19.6 Å². The molecule has 0 aliphatic heterocycles. The predicted molar refractivity (Wildman–Crippen MR) is 92.7 cm³/mol. The molecule has 5 heteroatoms. The molecule has 0 saturated carbocycles. The van der Waals surface area contributed by atoms with E-state index in [1.54, 1.807) is 19.1 Å². The second-order valence-electron chi connectivity index (χ2n) is 5.44. The summed E-state index contributed by atoms with van der Waals surface area (Å²) in [6, 6.07) is 7.90. The van der Waals surface area contributed by atoms with Crippen molar-refractivity contribution in [3.63, 3.8) is 0 Å². The van der Waals surface area contributed by atoms with Gasteiger partial charge in [-0.2, -0.15) is 0 Å². The Labute approximate surface area is 140 Å². The van der Waals surface area contributed by atoms with E-state index in [4.69, 9.17) is 9.47 Å². The van der Waals surface area contributed by atoms with Crippen LogP contribution in [0.3, 0.4) is 0 Å². The highest BCUT2D eigenvalue weighted by Crippen LogP contribution is 2.10. The van der Waals surface area contributed by atoms with Crippen LogP contribution < -0.4 is 0 Å². The molecular formula is C18H30N2O3. The summed E-state index contributed by atoms with van der Waals surface area (Å²) in [4.78, 5) is 16.7. The van der Waals surface area contributed by atoms with Crippen LogP contribution in [-0.4, -0.2) is 69.3 Å². The van der Waals surface area contributed by atoms with Crippen LogP contribution in [0.15, 0.2) is 24.3 Å². The first kappa shape index (κ1) is 19.6. The highest BCUT2D eigenvalue weighted by molar-refractivity contribution is 5.94. The van der Waals surface area contributed by atoms with Crippen LogP contribution in [0.2, 0.25) is 0 Å². The topological polar surface area (TPSA) is 42.0 Å². The second-order valence-corrected chi connectivity index (χ2v) is 5.44. The molecule has 0 unspecified atom stereocenters. The fourth-order valence-corrected chi connectivity index (χ4v) is 2.36. The molecule has 0 N–H and O–H groups in total. The zero-order valence-corrected chi connectivity index (χ0v) is 14.9. The first-order chi connectivity index (χ1) is 11.2. The maximum Gasteiger partial charge on any atom is 0.254 e. The highest BCUT2D eigenvalue weighted by atomic mass is 16.5. The third kappa shape index (κ3) is 6.69. The van der Waals surface area contributed by atoms with Crippen LogP contribution in [0.4, 0.5) is 0 Å². The summed E-state index contributed by atoms with van der Waals surface area (Å²) in [6.07, 6.45) is 0. The van der Waals surface area contributed by atoms with Crippen molar-refractivity contribution in [2.24, 2.45) is 0 Å². The highest BCUT2D eigenvalue weighted by Gasteiger charge is 2.15. The first-order valence-electron chi connectivity index (χ1n) is 8.24. The molecular weight excluding hydrogens is 292 g/mol. The Hall–Kier alpha value is -1.43. The molecule has 1 rings (SSSR count). The number of carbonyl (C=O) groups is 1. The van der Waals surface area contributed by atoms with Crippen LogP contribution in [0.5, 0.6) is 0 Å². The molecule has 0 aliphatic carbocycles. The Morgan fingerprint density at radius 3 is 1.91 bits per heavy atom. The summed E-state index contributed by atoms with van der Waals surface area (Å²) in [6.45, 7) is 9.47. The average Bonchev–Trinajstić information content (AvgIpc) is 2.59. The number of hydrogen-bond donors (Lipinski definition) is 0. The molecule has 0 saturated heterocycles. The maximum atomic E-state index is 12.6. The molecule has 0 aromatic heterocycles. The van der Waals surface area contributed by atoms with Crippen molar-refractivity contribution < 1.29 is 14.3 Å². The molecule has 0 fully saturated rings. The molecule has 5 nitrogen and oxygen atoms in total. The third-order valence-corrected chi connectivity index (χ3v) is 3.92. The van der Waals surface area contributed by atoms with Crippen LogP contribution >= 0.6 is 0 Å². The number of methoxy groups -OCH3 is 2. The van der Waals surface area contributed by atoms with Crippen molar-refractivity contribution in [2.45, 2.75) is 20.4 Å². The molecule has 1 aromatic carbocycles. The Morgan fingerprint density at radius 1 is 0.957 bits per heavy atom. The molecule has 0 aliphatic rings. The van der Waals surface area contributed by atoms with Gasteiger partial charge in [0.1, 0.15) is 0 Å². The predicted octanol–water partition coefficient (Wildman–Crippen LogP) is 2.26. The Kier molecular flexibility index (Phi) is 9.52. The number of carbonyl (C=O) groups excluding carboxylic acids is 1. The fraction of sp³-hybridized carbons (Fsp3) is 0.611.